The Morgan fingerprint density at radius 3 is 2.42 bits per heavy atom. The number of nitrogens with one attached hydrogen (secondary N) is 2. The molecule has 1 aromatic carbocycles. The van der Waals surface area contributed by atoms with E-state index in [9.17, 15) is 13.2 Å². The van der Waals surface area contributed by atoms with E-state index in [2.05, 4.69) is 15.6 Å². The Kier molecular flexibility index (Phi) is 9.86. The summed E-state index contributed by atoms with van der Waals surface area (Å²) in [6.45, 7) is 3.07. The average molecular weight is 461 g/mol. The summed E-state index contributed by atoms with van der Waals surface area (Å²) in [6.07, 6.45) is -4.39. The van der Waals surface area contributed by atoms with Gasteiger partial charge in [-0.1, -0.05) is 6.07 Å². The van der Waals surface area contributed by atoms with Crippen LogP contribution >= 0.6 is 24.0 Å². The van der Waals surface area contributed by atoms with Crippen LogP contribution in [0.1, 0.15) is 19.4 Å². The fraction of sp³-hybridized carbons (Fsp3) is 0.533. The standard InChI is InChI=1S/C15H22F3N3O2.HI/c1-10(2)21-14(19-3)20-8-11-5-6-12(13(7-11)22-4)23-9-15(16,17)18;/h5-7,10H,8-9H2,1-4H3,(H2,19,20,21);1H. The second kappa shape index (κ2) is 10.5. The molecule has 1 rings (SSSR count). The maximum atomic E-state index is 12.2. The average Bonchev–Trinajstić information content (AvgIpc) is 2.48. The number of halogens is 4. The first kappa shape index (κ1) is 22.6. The minimum absolute atomic E-state index is 0. The van der Waals surface area contributed by atoms with Crippen molar-refractivity contribution in [3.05, 3.63) is 23.8 Å². The summed E-state index contributed by atoms with van der Waals surface area (Å²) < 4.78 is 46.5. The molecule has 0 radical (unpaired) electrons. The van der Waals surface area contributed by atoms with Crippen LogP contribution in [0.15, 0.2) is 23.2 Å². The Bertz CT molecular complexity index is 537. The number of rotatable bonds is 6. The summed E-state index contributed by atoms with van der Waals surface area (Å²) in [7, 11) is 3.04. The van der Waals surface area contributed by atoms with Gasteiger partial charge in [0.2, 0.25) is 0 Å². The van der Waals surface area contributed by atoms with E-state index in [-0.39, 0.29) is 41.5 Å². The van der Waals surface area contributed by atoms with Gasteiger partial charge in [-0.2, -0.15) is 13.2 Å². The summed E-state index contributed by atoms with van der Waals surface area (Å²) in [6, 6.07) is 4.99. The fourth-order valence-electron chi connectivity index (χ4n) is 1.75. The lowest BCUT2D eigenvalue weighted by atomic mass is 10.2. The first-order chi connectivity index (χ1) is 10.7. The highest BCUT2D eigenvalue weighted by molar-refractivity contribution is 14.0. The largest absolute Gasteiger partial charge is 0.493 e. The number of hydrogen-bond acceptors (Lipinski definition) is 3. The Morgan fingerprint density at radius 1 is 1.25 bits per heavy atom. The van der Waals surface area contributed by atoms with Gasteiger partial charge in [0.1, 0.15) is 0 Å². The molecule has 0 unspecified atom stereocenters. The normalized spacial score (nSPS) is 11.8. The third kappa shape index (κ3) is 8.46. The molecule has 0 aliphatic rings. The Hall–Kier alpha value is -1.39. The number of benzene rings is 1. The van der Waals surface area contributed by atoms with E-state index in [4.69, 9.17) is 9.47 Å². The van der Waals surface area contributed by atoms with Crippen molar-refractivity contribution in [3.63, 3.8) is 0 Å². The fourth-order valence-corrected chi connectivity index (χ4v) is 1.75. The summed E-state index contributed by atoms with van der Waals surface area (Å²) >= 11 is 0. The van der Waals surface area contributed by atoms with Crippen LogP contribution in [0.5, 0.6) is 11.5 Å². The van der Waals surface area contributed by atoms with E-state index in [1.165, 1.54) is 13.2 Å². The van der Waals surface area contributed by atoms with Gasteiger partial charge in [-0.25, -0.2) is 0 Å². The lowest BCUT2D eigenvalue weighted by Gasteiger charge is -2.16. The molecule has 0 atom stereocenters. The Balaban J connectivity index is 0.00000529. The van der Waals surface area contributed by atoms with Crippen LogP contribution in [0.25, 0.3) is 0 Å². The van der Waals surface area contributed by atoms with Gasteiger partial charge in [0.15, 0.2) is 24.1 Å². The molecule has 0 saturated heterocycles. The van der Waals surface area contributed by atoms with E-state index < -0.39 is 12.8 Å². The first-order valence-electron chi connectivity index (χ1n) is 7.09. The molecule has 0 bridgehead atoms. The summed E-state index contributed by atoms with van der Waals surface area (Å²) in [5, 5.41) is 6.24. The van der Waals surface area contributed by atoms with Crippen molar-refractivity contribution in [2.45, 2.75) is 32.6 Å². The minimum atomic E-state index is -4.39. The van der Waals surface area contributed by atoms with Gasteiger partial charge in [0.25, 0.3) is 0 Å². The third-order valence-corrected chi connectivity index (χ3v) is 2.73. The zero-order chi connectivity index (χ0) is 17.5. The first-order valence-corrected chi connectivity index (χ1v) is 7.09. The molecule has 138 valence electrons. The maximum absolute atomic E-state index is 12.2. The molecule has 5 nitrogen and oxygen atoms in total. The predicted molar refractivity (Wildman–Crippen MR) is 98.4 cm³/mol. The number of aliphatic imine (C=N–C) groups is 1. The van der Waals surface area contributed by atoms with Gasteiger partial charge in [0.05, 0.1) is 7.11 Å². The van der Waals surface area contributed by atoms with Crippen molar-refractivity contribution in [2.75, 3.05) is 20.8 Å². The quantitative estimate of drug-likeness (QED) is 0.388. The predicted octanol–water partition coefficient (Wildman–Crippen LogP) is 3.33. The van der Waals surface area contributed by atoms with Crippen LogP contribution in [0.3, 0.4) is 0 Å². The topological polar surface area (TPSA) is 54.9 Å². The second-order valence-corrected chi connectivity index (χ2v) is 5.11. The Morgan fingerprint density at radius 2 is 1.92 bits per heavy atom. The highest BCUT2D eigenvalue weighted by Gasteiger charge is 2.29. The maximum Gasteiger partial charge on any atom is 0.422 e. The van der Waals surface area contributed by atoms with Crippen molar-refractivity contribution >= 4 is 29.9 Å². The van der Waals surface area contributed by atoms with Crippen molar-refractivity contribution < 1.29 is 22.6 Å². The molecule has 0 amide bonds. The van der Waals surface area contributed by atoms with Crippen molar-refractivity contribution in [2.24, 2.45) is 4.99 Å². The van der Waals surface area contributed by atoms with Crippen molar-refractivity contribution in [1.82, 2.24) is 10.6 Å². The van der Waals surface area contributed by atoms with Crippen LogP contribution in [-0.2, 0) is 6.54 Å². The highest BCUT2D eigenvalue weighted by Crippen LogP contribution is 2.29. The molecule has 0 heterocycles. The summed E-state index contributed by atoms with van der Waals surface area (Å²) in [5.41, 5.74) is 0.827. The number of methoxy groups -OCH3 is 1. The molecular formula is C15H23F3IN3O2. The monoisotopic (exact) mass is 461 g/mol. The lowest BCUT2D eigenvalue weighted by Crippen LogP contribution is -2.40. The van der Waals surface area contributed by atoms with E-state index in [0.717, 1.165) is 5.56 Å². The number of hydrogen-bond donors (Lipinski definition) is 2. The van der Waals surface area contributed by atoms with Gasteiger partial charge in [-0.05, 0) is 31.5 Å². The lowest BCUT2D eigenvalue weighted by molar-refractivity contribution is -0.153. The molecule has 2 N–H and O–H groups in total. The van der Waals surface area contributed by atoms with Crippen LogP contribution in [-0.4, -0.2) is 38.9 Å². The van der Waals surface area contributed by atoms with Crippen molar-refractivity contribution in [1.29, 1.82) is 0 Å². The number of alkyl halides is 3. The molecule has 1 aromatic rings. The van der Waals surface area contributed by atoms with Gasteiger partial charge < -0.3 is 20.1 Å². The molecule has 0 aliphatic carbocycles. The van der Waals surface area contributed by atoms with Crippen LogP contribution < -0.4 is 20.1 Å². The van der Waals surface area contributed by atoms with E-state index in [1.54, 1.807) is 19.2 Å². The molecular weight excluding hydrogens is 438 g/mol. The van der Waals surface area contributed by atoms with Gasteiger partial charge in [-0.15, -0.1) is 24.0 Å². The van der Waals surface area contributed by atoms with E-state index in [0.29, 0.717) is 12.5 Å². The zero-order valence-corrected chi connectivity index (χ0v) is 16.4. The van der Waals surface area contributed by atoms with Gasteiger partial charge in [0, 0.05) is 19.6 Å². The van der Waals surface area contributed by atoms with Crippen LogP contribution in [0.2, 0.25) is 0 Å². The third-order valence-electron chi connectivity index (χ3n) is 2.73. The molecule has 0 spiro atoms. The van der Waals surface area contributed by atoms with Crippen LogP contribution in [0.4, 0.5) is 13.2 Å². The number of ether oxygens (including phenoxy) is 2. The molecule has 24 heavy (non-hydrogen) atoms. The number of guanidine groups is 1. The Labute approximate surface area is 157 Å². The van der Waals surface area contributed by atoms with Crippen LogP contribution in [0, 0.1) is 0 Å². The molecule has 9 heteroatoms. The smallest absolute Gasteiger partial charge is 0.422 e. The number of nitrogens with zero attached hydrogens (tertiary/aromatic N) is 1. The molecule has 0 aliphatic heterocycles. The highest BCUT2D eigenvalue weighted by atomic mass is 127. The SMILES string of the molecule is CN=C(NCc1ccc(OCC(F)(F)F)c(OC)c1)NC(C)C.I. The summed E-state index contributed by atoms with van der Waals surface area (Å²) in [4.78, 5) is 4.07. The van der Waals surface area contributed by atoms with Gasteiger partial charge in [-0.3, -0.25) is 4.99 Å². The molecule has 0 aromatic heterocycles. The molecule has 0 saturated carbocycles. The van der Waals surface area contributed by atoms with E-state index in [1.807, 2.05) is 13.8 Å². The van der Waals surface area contributed by atoms with E-state index >= 15 is 0 Å². The minimum Gasteiger partial charge on any atom is -0.493 e. The summed E-state index contributed by atoms with van der Waals surface area (Å²) in [5.74, 6) is 0.940. The van der Waals surface area contributed by atoms with Crippen molar-refractivity contribution in [3.8, 4) is 11.5 Å². The zero-order valence-electron chi connectivity index (χ0n) is 14.0. The van der Waals surface area contributed by atoms with Gasteiger partial charge >= 0.3 is 6.18 Å². The molecule has 0 fully saturated rings. The second-order valence-electron chi connectivity index (χ2n) is 5.11.